The molecule has 16 heavy (non-hydrogen) atoms. The van der Waals surface area contributed by atoms with Crippen molar-refractivity contribution in [3.05, 3.63) is 16.1 Å². The number of aryl methyl sites for hydroxylation is 1. The monoisotopic (exact) mass is 240 g/mol. The Hall–Kier alpha value is -0.450. The van der Waals surface area contributed by atoms with E-state index < -0.39 is 0 Å². The van der Waals surface area contributed by atoms with E-state index in [1.807, 2.05) is 5.51 Å². The summed E-state index contributed by atoms with van der Waals surface area (Å²) in [6.07, 6.45) is 2.78. The average Bonchev–Trinajstić information content (AvgIpc) is 2.61. The number of hydrogen-bond acceptors (Lipinski definition) is 4. The smallest absolute Gasteiger partial charge is 0.0798 e. The maximum Gasteiger partial charge on any atom is 0.0798 e. The van der Waals surface area contributed by atoms with Gasteiger partial charge in [-0.15, -0.1) is 11.3 Å². The second kappa shape index (κ2) is 5.25. The molecule has 1 fully saturated rings. The standard InChI is InChI=1S/C12H20N2OS/c1-4-15-11-5-10(6-11)14-9(3)12-8(2)13-7-16-12/h7,9-11,14H,4-6H2,1-3H3. The number of rotatable bonds is 5. The minimum Gasteiger partial charge on any atom is -0.378 e. The minimum atomic E-state index is 0.417. The van der Waals surface area contributed by atoms with Gasteiger partial charge in [0, 0.05) is 23.6 Å². The van der Waals surface area contributed by atoms with Crippen molar-refractivity contribution in [3.8, 4) is 0 Å². The Morgan fingerprint density at radius 2 is 2.38 bits per heavy atom. The van der Waals surface area contributed by atoms with E-state index in [1.165, 1.54) is 4.88 Å². The van der Waals surface area contributed by atoms with Crippen LogP contribution in [0.15, 0.2) is 5.51 Å². The van der Waals surface area contributed by atoms with Crippen LogP contribution < -0.4 is 5.32 Å². The highest BCUT2D eigenvalue weighted by atomic mass is 32.1. The molecular weight excluding hydrogens is 220 g/mol. The predicted octanol–water partition coefficient (Wildman–Crippen LogP) is 2.67. The van der Waals surface area contributed by atoms with Gasteiger partial charge in [-0.1, -0.05) is 0 Å². The molecule has 1 aliphatic carbocycles. The highest BCUT2D eigenvalue weighted by molar-refractivity contribution is 7.09. The molecule has 0 bridgehead atoms. The van der Waals surface area contributed by atoms with Gasteiger partial charge in [0.25, 0.3) is 0 Å². The normalized spacial score (nSPS) is 26.4. The minimum absolute atomic E-state index is 0.417. The topological polar surface area (TPSA) is 34.1 Å². The van der Waals surface area contributed by atoms with Crippen LogP contribution in [0.3, 0.4) is 0 Å². The van der Waals surface area contributed by atoms with Gasteiger partial charge in [-0.25, -0.2) is 4.98 Å². The van der Waals surface area contributed by atoms with Crippen molar-refractivity contribution in [2.75, 3.05) is 6.61 Å². The van der Waals surface area contributed by atoms with E-state index in [2.05, 4.69) is 31.1 Å². The molecule has 90 valence electrons. The molecule has 3 nitrogen and oxygen atoms in total. The van der Waals surface area contributed by atoms with Gasteiger partial charge >= 0.3 is 0 Å². The maximum atomic E-state index is 5.55. The van der Waals surface area contributed by atoms with Gasteiger partial charge in [-0.05, 0) is 33.6 Å². The third kappa shape index (κ3) is 2.62. The van der Waals surface area contributed by atoms with Crippen molar-refractivity contribution in [3.63, 3.8) is 0 Å². The molecule has 1 heterocycles. The van der Waals surface area contributed by atoms with Crippen LogP contribution in [0.1, 0.15) is 43.3 Å². The van der Waals surface area contributed by atoms with E-state index in [0.29, 0.717) is 18.2 Å². The summed E-state index contributed by atoms with van der Waals surface area (Å²) in [6.45, 7) is 7.19. The Labute approximate surface area is 101 Å². The molecule has 1 aliphatic rings. The molecule has 0 amide bonds. The van der Waals surface area contributed by atoms with Crippen molar-refractivity contribution >= 4 is 11.3 Å². The van der Waals surface area contributed by atoms with Crippen LogP contribution in [0, 0.1) is 6.92 Å². The Kier molecular flexibility index (Phi) is 3.95. The lowest BCUT2D eigenvalue weighted by molar-refractivity contribution is -0.0119. The van der Waals surface area contributed by atoms with Gasteiger partial charge in [0.2, 0.25) is 0 Å². The molecule has 0 spiro atoms. The molecule has 0 radical (unpaired) electrons. The first-order valence-corrected chi connectivity index (χ1v) is 6.86. The lowest BCUT2D eigenvalue weighted by Crippen LogP contribution is -2.46. The summed E-state index contributed by atoms with van der Waals surface area (Å²) in [5, 5.41) is 3.64. The van der Waals surface area contributed by atoms with Gasteiger partial charge in [-0.2, -0.15) is 0 Å². The number of nitrogens with zero attached hydrogens (tertiary/aromatic N) is 1. The number of ether oxygens (including phenoxy) is 1. The van der Waals surface area contributed by atoms with E-state index in [4.69, 9.17) is 4.74 Å². The number of aromatic nitrogens is 1. The third-order valence-corrected chi connectivity index (χ3v) is 4.27. The molecule has 1 N–H and O–H groups in total. The predicted molar refractivity (Wildman–Crippen MR) is 66.8 cm³/mol. The van der Waals surface area contributed by atoms with Crippen molar-refractivity contribution in [1.29, 1.82) is 0 Å². The van der Waals surface area contributed by atoms with E-state index in [0.717, 1.165) is 25.1 Å². The summed E-state index contributed by atoms with van der Waals surface area (Å²) in [5.41, 5.74) is 3.08. The Morgan fingerprint density at radius 3 is 2.94 bits per heavy atom. The fourth-order valence-corrected chi connectivity index (χ4v) is 3.05. The fraction of sp³-hybridized carbons (Fsp3) is 0.750. The zero-order valence-electron chi connectivity index (χ0n) is 10.2. The molecule has 0 aliphatic heterocycles. The summed E-state index contributed by atoms with van der Waals surface area (Å²) in [7, 11) is 0. The van der Waals surface area contributed by atoms with Crippen LogP contribution in [-0.2, 0) is 4.74 Å². The van der Waals surface area contributed by atoms with Crippen molar-refractivity contribution in [1.82, 2.24) is 10.3 Å². The molecule has 1 saturated carbocycles. The molecular formula is C12H20N2OS. The van der Waals surface area contributed by atoms with Crippen molar-refractivity contribution in [2.45, 2.75) is 51.8 Å². The summed E-state index contributed by atoms with van der Waals surface area (Å²) in [4.78, 5) is 5.65. The number of nitrogens with one attached hydrogen (secondary N) is 1. The van der Waals surface area contributed by atoms with Crippen LogP contribution in [0.25, 0.3) is 0 Å². The highest BCUT2D eigenvalue weighted by Crippen LogP contribution is 2.28. The van der Waals surface area contributed by atoms with Gasteiger partial charge in [0.1, 0.15) is 0 Å². The van der Waals surface area contributed by atoms with Crippen LogP contribution in [0.4, 0.5) is 0 Å². The Balaban J connectivity index is 1.77. The van der Waals surface area contributed by atoms with E-state index in [1.54, 1.807) is 11.3 Å². The first kappa shape index (κ1) is 12.0. The number of hydrogen-bond donors (Lipinski definition) is 1. The van der Waals surface area contributed by atoms with E-state index in [-0.39, 0.29) is 0 Å². The van der Waals surface area contributed by atoms with E-state index >= 15 is 0 Å². The molecule has 4 heteroatoms. The largest absolute Gasteiger partial charge is 0.378 e. The first-order valence-electron chi connectivity index (χ1n) is 5.98. The second-order valence-corrected chi connectivity index (χ2v) is 5.32. The summed E-state index contributed by atoms with van der Waals surface area (Å²) < 4.78 is 5.55. The quantitative estimate of drug-likeness (QED) is 0.859. The fourth-order valence-electron chi connectivity index (χ4n) is 2.23. The van der Waals surface area contributed by atoms with Crippen molar-refractivity contribution in [2.24, 2.45) is 0 Å². The SMILES string of the molecule is CCOC1CC(NC(C)c2scnc2C)C1. The average molecular weight is 240 g/mol. The summed E-state index contributed by atoms with van der Waals surface area (Å²) in [6, 6.07) is 1.04. The van der Waals surface area contributed by atoms with Gasteiger partial charge in [-0.3, -0.25) is 0 Å². The summed E-state index contributed by atoms with van der Waals surface area (Å²) >= 11 is 1.74. The third-order valence-electron chi connectivity index (χ3n) is 3.16. The van der Waals surface area contributed by atoms with Crippen LogP contribution in [0.2, 0.25) is 0 Å². The van der Waals surface area contributed by atoms with Crippen molar-refractivity contribution < 1.29 is 4.74 Å². The van der Waals surface area contributed by atoms with Gasteiger partial charge in [0.05, 0.1) is 17.3 Å². The van der Waals surface area contributed by atoms with Crippen LogP contribution in [-0.4, -0.2) is 23.7 Å². The second-order valence-electron chi connectivity index (χ2n) is 4.44. The number of thiazole rings is 1. The molecule has 0 aromatic carbocycles. The first-order chi connectivity index (χ1) is 7.70. The molecule has 1 atom stereocenters. The van der Waals surface area contributed by atoms with Crippen LogP contribution >= 0.6 is 11.3 Å². The zero-order chi connectivity index (χ0) is 11.5. The molecule has 1 aromatic heterocycles. The lowest BCUT2D eigenvalue weighted by atomic mass is 9.88. The maximum absolute atomic E-state index is 5.55. The lowest BCUT2D eigenvalue weighted by Gasteiger charge is -2.37. The Morgan fingerprint density at radius 1 is 1.62 bits per heavy atom. The van der Waals surface area contributed by atoms with Crippen LogP contribution in [0.5, 0.6) is 0 Å². The molecule has 2 rings (SSSR count). The van der Waals surface area contributed by atoms with Gasteiger partial charge < -0.3 is 10.1 Å². The van der Waals surface area contributed by atoms with Gasteiger partial charge in [0.15, 0.2) is 0 Å². The molecule has 1 aromatic rings. The van der Waals surface area contributed by atoms with E-state index in [9.17, 15) is 0 Å². The molecule has 1 unspecified atom stereocenters. The molecule has 0 saturated heterocycles. The summed E-state index contributed by atoms with van der Waals surface area (Å²) in [5.74, 6) is 0. The Bertz CT molecular complexity index is 334. The highest BCUT2D eigenvalue weighted by Gasteiger charge is 2.30. The zero-order valence-corrected chi connectivity index (χ0v) is 11.0.